The highest BCUT2D eigenvalue weighted by atomic mass is 19.1. The molecule has 1 aromatic heterocycles. The van der Waals surface area contributed by atoms with Crippen molar-refractivity contribution in [1.82, 2.24) is 9.55 Å². The standard InChI is InChI=1S/C16H17FN4O2/c1-23-8-7-21-15(22)13-9-11(17)4-5-14(13)20-16(21)19-12-3-2-6-18-10-12/h2,4-6,9-10,12H,3,7-8H2,1H3,(H,19,20). The van der Waals surface area contributed by atoms with E-state index >= 15 is 0 Å². The molecule has 1 unspecified atom stereocenters. The van der Waals surface area contributed by atoms with Crippen LogP contribution in [0, 0.1) is 5.82 Å². The minimum absolute atomic E-state index is 0.0430. The van der Waals surface area contributed by atoms with Gasteiger partial charge in [0.25, 0.3) is 5.56 Å². The van der Waals surface area contributed by atoms with Crippen LogP contribution >= 0.6 is 0 Å². The van der Waals surface area contributed by atoms with Crippen LogP contribution in [0.4, 0.5) is 10.3 Å². The fourth-order valence-corrected chi connectivity index (χ4v) is 2.44. The third-order valence-electron chi connectivity index (χ3n) is 3.60. The first-order chi connectivity index (χ1) is 11.2. The molecule has 1 aliphatic heterocycles. The summed E-state index contributed by atoms with van der Waals surface area (Å²) in [6.07, 6.45) is 6.19. The predicted molar refractivity (Wildman–Crippen MR) is 87.5 cm³/mol. The van der Waals surface area contributed by atoms with E-state index in [2.05, 4.69) is 15.3 Å². The lowest BCUT2D eigenvalue weighted by Crippen LogP contribution is -2.31. The van der Waals surface area contributed by atoms with Crippen molar-refractivity contribution in [3.05, 3.63) is 46.6 Å². The molecule has 0 fully saturated rings. The molecule has 3 rings (SSSR count). The number of methoxy groups -OCH3 is 1. The number of nitrogens with zero attached hydrogens (tertiary/aromatic N) is 3. The summed E-state index contributed by atoms with van der Waals surface area (Å²) in [5.41, 5.74) is 0.160. The van der Waals surface area contributed by atoms with Gasteiger partial charge in [0.2, 0.25) is 5.95 Å². The number of rotatable bonds is 5. The SMILES string of the molecule is COCCn1c(NC2C=NC=CC2)nc2ccc(F)cc2c1=O. The highest BCUT2D eigenvalue weighted by molar-refractivity contribution is 5.79. The molecular weight excluding hydrogens is 299 g/mol. The van der Waals surface area contributed by atoms with Gasteiger partial charge in [-0.2, -0.15) is 0 Å². The number of anilines is 1. The average molecular weight is 316 g/mol. The fraction of sp³-hybridized carbons (Fsp3) is 0.312. The molecule has 1 aliphatic rings. The summed E-state index contributed by atoms with van der Waals surface area (Å²) in [5, 5.41) is 3.46. The Morgan fingerprint density at radius 1 is 1.48 bits per heavy atom. The van der Waals surface area contributed by atoms with Gasteiger partial charge in [-0.05, 0) is 24.6 Å². The summed E-state index contributed by atoms with van der Waals surface area (Å²) in [6.45, 7) is 0.687. The number of halogens is 1. The van der Waals surface area contributed by atoms with E-state index in [0.29, 0.717) is 24.6 Å². The van der Waals surface area contributed by atoms with Crippen LogP contribution in [0.3, 0.4) is 0 Å². The van der Waals surface area contributed by atoms with Gasteiger partial charge in [0.05, 0.1) is 30.1 Å². The van der Waals surface area contributed by atoms with E-state index in [-0.39, 0.29) is 17.0 Å². The summed E-state index contributed by atoms with van der Waals surface area (Å²) in [4.78, 5) is 21.2. The topological polar surface area (TPSA) is 68.5 Å². The fourth-order valence-electron chi connectivity index (χ4n) is 2.44. The lowest BCUT2D eigenvalue weighted by Gasteiger charge is -2.19. The second-order valence-electron chi connectivity index (χ2n) is 5.22. The second kappa shape index (κ2) is 6.70. The maximum atomic E-state index is 13.4. The van der Waals surface area contributed by atoms with Crippen LogP contribution in [0.2, 0.25) is 0 Å². The first-order valence-corrected chi connectivity index (χ1v) is 7.33. The molecule has 6 nitrogen and oxygen atoms in total. The minimum atomic E-state index is -0.458. The van der Waals surface area contributed by atoms with Crippen molar-refractivity contribution < 1.29 is 9.13 Å². The largest absolute Gasteiger partial charge is 0.383 e. The van der Waals surface area contributed by atoms with Crippen LogP contribution in [0.25, 0.3) is 10.9 Å². The Morgan fingerprint density at radius 2 is 2.35 bits per heavy atom. The molecule has 1 atom stereocenters. The van der Waals surface area contributed by atoms with E-state index in [1.807, 2.05) is 6.08 Å². The lowest BCUT2D eigenvalue weighted by atomic mass is 10.2. The third-order valence-corrected chi connectivity index (χ3v) is 3.60. The summed E-state index contributed by atoms with van der Waals surface area (Å²) in [7, 11) is 1.56. The number of benzene rings is 1. The molecule has 1 aromatic carbocycles. The molecule has 0 aliphatic carbocycles. The number of aliphatic imine (C=N–C) groups is 1. The van der Waals surface area contributed by atoms with Crippen LogP contribution in [0.1, 0.15) is 6.42 Å². The van der Waals surface area contributed by atoms with Gasteiger partial charge in [-0.3, -0.25) is 14.4 Å². The third kappa shape index (κ3) is 3.29. The molecule has 23 heavy (non-hydrogen) atoms. The van der Waals surface area contributed by atoms with Crippen molar-refractivity contribution in [3.63, 3.8) is 0 Å². The van der Waals surface area contributed by atoms with Gasteiger partial charge >= 0.3 is 0 Å². The Balaban J connectivity index is 2.06. The number of aromatic nitrogens is 2. The number of hydrogen-bond donors (Lipinski definition) is 1. The van der Waals surface area contributed by atoms with Crippen molar-refractivity contribution in [1.29, 1.82) is 0 Å². The van der Waals surface area contributed by atoms with Crippen LogP contribution in [0.5, 0.6) is 0 Å². The first kappa shape index (κ1) is 15.4. The van der Waals surface area contributed by atoms with Crippen molar-refractivity contribution >= 4 is 23.1 Å². The highest BCUT2D eigenvalue weighted by Gasteiger charge is 2.15. The quantitative estimate of drug-likeness (QED) is 0.915. The molecule has 0 spiro atoms. The molecule has 0 bridgehead atoms. The van der Waals surface area contributed by atoms with Gasteiger partial charge in [-0.1, -0.05) is 6.08 Å². The summed E-state index contributed by atoms with van der Waals surface area (Å²) >= 11 is 0. The minimum Gasteiger partial charge on any atom is -0.383 e. The Kier molecular flexibility index (Phi) is 4.47. The number of ether oxygens (including phenoxy) is 1. The monoisotopic (exact) mass is 316 g/mol. The second-order valence-corrected chi connectivity index (χ2v) is 5.22. The van der Waals surface area contributed by atoms with Crippen LogP contribution in [0.15, 0.2) is 40.3 Å². The Bertz CT molecular complexity index is 829. The Labute approximate surface area is 132 Å². The van der Waals surface area contributed by atoms with Gasteiger partial charge in [-0.15, -0.1) is 0 Å². The molecule has 1 N–H and O–H groups in total. The zero-order chi connectivity index (χ0) is 16.2. The number of hydrogen-bond acceptors (Lipinski definition) is 5. The van der Waals surface area contributed by atoms with Crippen molar-refractivity contribution in [3.8, 4) is 0 Å². The molecule has 2 heterocycles. The van der Waals surface area contributed by atoms with E-state index < -0.39 is 5.82 Å². The molecule has 0 saturated carbocycles. The van der Waals surface area contributed by atoms with Gasteiger partial charge in [0.1, 0.15) is 5.82 Å². The summed E-state index contributed by atoms with van der Waals surface area (Å²) in [5.74, 6) is -0.0298. The average Bonchev–Trinajstić information content (AvgIpc) is 2.56. The van der Waals surface area contributed by atoms with Gasteiger partial charge in [-0.25, -0.2) is 9.37 Å². The van der Waals surface area contributed by atoms with Gasteiger partial charge in [0, 0.05) is 19.5 Å². The van der Waals surface area contributed by atoms with E-state index in [0.717, 1.165) is 6.42 Å². The smallest absolute Gasteiger partial charge is 0.262 e. The molecule has 0 radical (unpaired) electrons. The normalized spacial score (nSPS) is 16.9. The molecule has 120 valence electrons. The van der Waals surface area contributed by atoms with Gasteiger partial charge < -0.3 is 10.1 Å². The molecule has 0 amide bonds. The van der Waals surface area contributed by atoms with E-state index in [9.17, 15) is 9.18 Å². The van der Waals surface area contributed by atoms with Gasteiger partial charge in [0.15, 0.2) is 0 Å². The summed E-state index contributed by atoms with van der Waals surface area (Å²) in [6, 6.07) is 3.97. The number of nitrogens with one attached hydrogen (secondary N) is 1. The highest BCUT2D eigenvalue weighted by Crippen LogP contribution is 2.15. The van der Waals surface area contributed by atoms with Crippen LogP contribution < -0.4 is 10.9 Å². The Hall–Kier alpha value is -2.54. The lowest BCUT2D eigenvalue weighted by molar-refractivity contribution is 0.186. The zero-order valence-electron chi connectivity index (χ0n) is 12.7. The van der Waals surface area contributed by atoms with Crippen molar-refractivity contribution in [2.75, 3.05) is 19.0 Å². The first-order valence-electron chi connectivity index (χ1n) is 7.33. The maximum absolute atomic E-state index is 13.4. The van der Waals surface area contributed by atoms with E-state index in [1.165, 1.54) is 22.8 Å². The van der Waals surface area contributed by atoms with Crippen molar-refractivity contribution in [2.24, 2.45) is 4.99 Å². The van der Waals surface area contributed by atoms with E-state index in [1.54, 1.807) is 19.5 Å². The Morgan fingerprint density at radius 3 is 3.09 bits per heavy atom. The molecular formula is C16H17FN4O2. The number of fused-ring (bicyclic) bond motifs is 1. The maximum Gasteiger partial charge on any atom is 0.262 e. The summed E-state index contributed by atoms with van der Waals surface area (Å²) < 4.78 is 20.0. The zero-order valence-corrected chi connectivity index (χ0v) is 12.7. The van der Waals surface area contributed by atoms with Crippen LogP contribution in [-0.2, 0) is 11.3 Å². The molecule has 2 aromatic rings. The van der Waals surface area contributed by atoms with Crippen molar-refractivity contribution in [2.45, 2.75) is 19.0 Å². The molecule has 7 heteroatoms. The predicted octanol–water partition coefficient (Wildman–Crippen LogP) is 1.95. The van der Waals surface area contributed by atoms with Crippen LogP contribution in [-0.4, -0.2) is 35.5 Å². The van der Waals surface area contributed by atoms with E-state index in [4.69, 9.17) is 4.74 Å². The molecule has 0 saturated heterocycles.